The Morgan fingerprint density at radius 1 is 1.39 bits per heavy atom. The second-order valence-corrected chi connectivity index (χ2v) is 5.21. The van der Waals surface area contributed by atoms with Gasteiger partial charge in [0.05, 0.1) is 10.6 Å². The maximum absolute atomic E-state index is 12.0. The first kappa shape index (κ1) is 11.6. The molecule has 0 unspecified atom stereocenters. The summed E-state index contributed by atoms with van der Waals surface area (Å²) in [4.78, 5) is 12.0. The quantitative estimate of drug-likeness (QED) is 0.917. The molecule has 5 nitrogen and oxygen atoms in total. The van der Waals surface area contributed by atoms with E-state index >= 15 is 0 Å². The normalized spacial score (nSPS) is 13.4. The Bertz CT molecular complexity index is 613. The van der Waals surface area contributed by atoms with E-state index in [9.17, 15) is 4.79 Å². The molecular formula is C11H9ClN4OS. The van der Waals surface area contributed by atoms with Gasteiger partial charge in [-0.1, -0.05) is 35.5 Å². The predicted molar refractivity (Wildman–Crippen MR) is 70.2 cm³/mol. The van der Waals surface area contributed by atoms with Crippen LogP contribution in [-0.4, -0.2) is 26.4 Å². The minimum absolute atomic E-state index is 0.271. The molecular weight excluding hydrogens is 272 g/mol. The van der Waals surface area contributed by atoms with Crippen LogP contribution in [0.1, 0.15) is 10.4 Å². The molecule has 1 N–H and O–H groups in total. The highest BCUT2D eigenvalue weighted by Gasteiger charge is 2.20. The number of hydrogen-bond donors (Lipinski definition) is 1. The Balaban J connectivity index is 1.85. The number of carbonyl (C=O) groups excluding carboxylic acids is 1. The Morgan fingerprint density at radius 3 is 3.06 bits per heavy atom. The molecule has 0 saturated carbocycles. The van der Waals surface area contributed by atoms with Crippen molar-refractivity contribution in [1.82, 2.24) is 14.8 Å². The molecule has 92 valence electrons. The van der Waals surface area contributed by atoms with Crippen molar-refractivity contribution in [3.63, 3.8) is 0 Å². The van der Waals surface area contributed by atoms with E-state index < -0.39 is 0 Å². The highest BCUT2D eigenvalue weighted by atomic mass is 35.5. The number of thioether (sulfide) groups is 1. The number of amides is 1. The Hall–Kier alpha value is -1.53. The summed E-state index contributed by atoms with van der Waals surface area (Å²) in [6.07, 6.45) is 0. The van der Waals surface area contributed by atoms with Gasteiger partial charge < -0.3 is 0 Å². The molecule has 0 spiro atoms. The minimum Gasteiger partial charge on any atom is -0.290 e. The predicted octanol–water partition coefficient (Wildman–Crippen LogP) is 2.29. The van der Waals surface area contributed by atoms with Gasteiger partial charge in [0.25, 0.3) is 5.91 Å². The van der Waals surface area contributed by atoms with E-state index in [0.29, 0.717) is 16.5 Å². The first-order chi connectivity index (χ1) is 8.75. The van der Waals surface area contributed by atoms with Crippen LogP contribution in [-0.2, 0) is 6.54 Å². The van der Waals surface area contributed by atoms with Gasteiger partial charge in [0.1, 0.15) is 0 Å². The third kappa shape index (κ3) is 1.97. The van der Waals surface area contributed by atoms with Crippen molar-refractivity contribution < 1.29 is 4.79 Å². The van der Waals surface area contributed by atoms with Crippen LogP contribution >= 0.6 is 23.4 Å². The average molecular weight is 281 g/mol. The molecule has 0 bridgehead atoms. The molecule has 1 aliphatic rings. The highest BCUT2D eigenvalue weighted by Crippen LogP contribution is 2.26. The molecule has 18 heavy (non-hydrogen) atoms. The summed E-state index contributed by atoms with van der Waals surface area (Å²) < 4.78 is 1.89. The van der Waals surface area contributed by atoms with Crippen molar-refractivity contribution in [2.24, 2.45) is 0 Å². The van der Waals surface area contributed by atoms with Crippen molar-refractivity contribution in [3.05, 3.63) is 34.9 Å². The number of hydrogen-bond acceptors (Lipinski definition) is 4. The van der Waals surface area contributed by atoms with E-state index in [1.165, 1.54) is 0 Å². The molecule has 1 aromatic heterocycles. The van der Waals surface area contributed by atoms with E-state index in [1.54, 1.807) is 36.0 Å². The van der Waals surface area contributed by atoms with Gasteiger partial charge in [-0.25, -0.2) is 0 Å². The zero-order valence-electron chi connectivity index (χ0n) is 9.26. The number of benzene rings is 1. The highest BCUT2D eigenvalue weighted by molar-refractivity contribution is 7.99. The van der Waals surface area contributed by atoms with E-state index in [1.807, 2.05) is 4.57 Å². The SMILES string of the molecule is O=C(Nc1nnc2n1CCS2)c1ccccc1Cl. The molecule has 2 heterocycles. The van der Waals surface area contributed by atoms with Crippen LogP contribution in [0, 0.1) is 0 Å². The molecule has 0 fully saturated rings. The molecule has 0 radical (unpaired) electrons. The second-order valence-electron chi connectivity index (χ2n) is 3.74. The summed E-state index contributed by atoms with van der Waals surface area (Å²) in [6.45, 7) is 0.811. The van der Waals surface area contributed by atoms with Crippen LogP contribution in [0.3, 0.4) is 0 Å². The van der Waals surface area contributed by atoms with Gasteiger partial charge in [-0.2, -0.15) is 0 Å². The van der Waals surface area contributed by atoms with Crippen LogP contribution in [0.5, 0.6) is 0 Å². The number of nitrogens with zero attached hydrogens (tertiary/aromatic N) is 3. The smallest absolute Gasteiger partial charge is 0.259 e. The zero-order chi connectivity index (χ0) is 12.5. The van der Waals surface area contributed by atoms with E-state index in [2.05, 4.69) is 15.5 Å². The first-order valence-electron chi connectivity index (χ1n) is 5.37. The third-order valence-electron chi connectivity index (χ3n) is 2.61. The van der Waals surface area contributed by atoms with E-state index in [-0.39, 0.29) is 5.91 Å². The number of halogens is 1. The molecule has 0 saturated heterocycles. The van der Waals surface area contributed by atoms with Crippen LogP contribution < -0.4 is 5.32 Å². The van der Waals surface area contributed by atoms with Crippen molar-refractivity contribution in [2.45, 2.75) is 11.7 Å². The average Bonchev–Trinajstić information content (AvgIpc) is 2.94. The van der Waals surface area contributed by atoms with Crippen LogP contribution in [0.15, 0.2) is 29.4 Å². The monoisotopic (exact) mass is 280 g/mol. The van der Waals surface area contributed by atoms with Gasteiger partial charge in [-0.05, 0) is 12.1 Å². The Kier molecular flexibility index (Phi) is 2.97. The fourth-order valence-corrected chi connectivity index (χ4v) is 2.84. The number of anilines is 1. The van der Waals surface area contributed by atoms with Crippen molar-refractivity contribution in [2.75, 3.05) is 11.1 Å². The molecule has 7 heteroatoms. The lowest BCUT2D eigenvalue weighted by molar-refractivity contribution is 0.102. The van der Waals surface area contributed by atoms with Gasteiger partial charge in [0.2, 0.25) is 5.95 Å². The first-order valence-corrected chi connectivity index (χ1v) is 6.74. The number of aromatic nitrogens is 3. The van der Waals surface area contributed by atoms with Crippen LogP contribution in [0.2, 0.25) is 5.02 Å². The zero-order valence-corrected chi connectivity index (χ0v) is 10.8. The van der Waals surface area contributed by atoms with Crippen molar-refractivity contribution >= 4 is 35.2 Å². The largest absolute Gasteiger partial charge is 0.290 e. The summed E-state index contributed by atoms with van der Waals surface area (Å²) in [6, 6.07) is 6.91. The minimum atomic E-state index is -0.271. The lowest BCUT2D eigenvalue weighted by Crippen LogP contribution is -2.16. The van der Waals surface area contributed by atoms with Crippen LogP contribution in [0.25, 0.3) is 0 Å². The lowest BCUT2D eigenvalue weighted by Gasteiger charge is -2.06. The maximum Gasteiger partial charge on any atom is 0.259 e. The topological polar surface area (TPSA) is 59.8 Å². The standard InChI is InChI=1S/C11H9ClN4OS/c12-8-4-2-1-3-7(8)9(17)13-10-14-15-11-16(10)5-6-18-11/h1-4H,5-6H2,(H,13,14,17). The van der Waals surface area contributed by atoms with Gasteiger partial charge in [0, 0.05) is 12.3 Å². The molecule has 0 atom stereocenters. The van der Waals surface area contributed by atoms with Gasteiger partial charge in [-0.3, -0.25) is 14.7 Å². The third-order valence-corrected chi connectivity index (χ3v) is 3.88. The molecule has 1 aliphatic heterocycles. The number of nitrogens with one attached hydrogen (secondary N) is 1. The fourth-order valence-electron chi connectivity index (χ4n) is 1.73. The summed E-state index contributed by atoms with van der Waals surface area (Å²) in [7, 11) is 0. The molecule has 3 rings (SSSR count). The van der Waals surface area contributed by atoms with Crippen molar-refractivity contribution in [1.29, 1.82) is 0 Å². The summed E-state index contributed by atoms with van der Waals surface area (Å²) in [5.74, 6) is 1.16. The number of rotatable bonds is 2. The van der Waals surface area contributed by atoms with E-state index in [4.69, 9.17) is 11.6 Å². The van der Waals surface area contributed by atoms with Crippen LogP contribution in [0.4, 0.5) is 5.95 Å². The Morgan fingerprint density at radius 2 is 2.22 bits per heavy atom. The maximum atomic E-state index is 12.0. The summed E-state index contributed by atoms with van der Waals surface area (Å²) in [5, 5.41) is 11.9. The van der Waals surface area contributed by atoms with Gasteiger partial charge in [0.15, 0.2) is 5.16 Å². The molecule has 1 amide bonds. The summed E-state index contributed by atoms with van der Waals surface area (Å²) >= 11 is 7.60. The molecule has 2 aromatic rings. The number of carbonyl (C=O) groups is 1. The molecule has 1 aromatic carbocycles. The fraction of sp³-hybridized carbons (Fsp3) is 0.182. The van der Waals surface area contributed by atoms with Crippen molar-refractivity contribution in [3.8, 4) is 0 Å². The van der Waals surface area contributed by atoms with Gasteiger partial charge >= 0.3 is 0 Å². The lowest BCUT2D eigenvalue weighted by atomic mass is 10.2. The van der Waals surface area contributed by atoms with Gasteiger partial charge in [-0.15, -0.1) is 10.2 Å². The van der Waals surface area contributed by atoms with E-state index in [0.717, 1.165) is 17.5 Å². The Labute approximate surface area is 113 Å². The number of fused-ring (bicyclic) bond motifs is 1. The summed E-state index contributed by atoms with van der Waals surface area (Å²) in [5.41, 5.74) is 0.433. The second kappa shape index (κ2) is 4.62. The molecule has 0 aliphatic carbocycles.